The van der Waals surface area contributed by atoms with Gasteiger partial charge < -0.3 is 24.8 Å². The summed E-state index contributed by atoms with van der Waals surface area (Å²) in [4.78, 5) is 20.3. The summed E-state index contributed by atoms with van der Waals surface area (Å²) in [6.07, 6.45) is 3.59. The number of fused-ring (bicyclic) bond motifs is 1. The van der Waals surface area contributed by atoms with E-state index in [2.05, 4.69) is 20.6 Å². The molecule has 0 saturated carbocycles. The van der Waals surface area contributed by atoms with Crippen molar-refractivity contribution in [2.45, 2.75) is 13.0 Å². The highest BCUT2D eigenvalue weighted by atomic mass is 16.7. The number of carbonyl (C=O) groups is 1. The van der Waals surface area contributed by atoms with Gasteiger partial charge >= 0.3 is 0 Å². The lowest BCUT2D eigenvalue weighted by Crippen LogP contribution is -2.17. The highest BCUT2D eigenvalue weighted by molar-refractivity contribution is 5.91. The van der Waals surface area contributed by atoms with Gasteiger partial charge in [0.05, 0.1) is 0 Å². The van der Waals surface area contributed by atoms with Crippen molar-refractivity contribution >= 4 is 17.5 Å². The summed E-state index contributed by atoms with van der Waals surface area (Å²) in [5.74, 6) is 2.50. The van der Waals surface area contributed by atoms with Crippen LogP contribution < -0.4 is 24.8 Å². The van der Waals surface area contributed by atoms with E-state index in [4.69, 9.17) is 14.2 Å². The van der Waals surface area contributed by atoms with Crippen LogP contribution in [-0.4, -0.2) is 29.2 Å². The van der Waals surface area contributed by atoms with E-state index in [1.807, 2.05) is 36.4 Å². The van der Waals surface area contributed by atoms with Crippen LogP contribution in [0.3, 0.4) is 0 Å². The zero-order chi connectivity index (χ0) is 19.9. The number of nitrogens with one attached hydrogen (secondary N) is 2. The molecule has 2 N–H and O–H groups in total. The molecular formula is C21H20N4O4. The minimum atomic E-state index is -0.0951. The van der Waals surface area contributed by atoms with Gasteiger partial charge in [-0.15, -0.1) is 0 Å². The van der Waals surface area contributed by atoms with Crippen molar-refractivity contribution in [3.63, 3.8) is 0 Å². The molecule has 0 aliphatic carbocycles. The Morgan fingerprint density at radius 3 is 2.79 bits per heavy atom. The van der Waals surface area contributed by atoms with Crippen molar-refractivity contribution in [2.75, 3.05) is 24.0 Å². The van der Waals surface area contributed by atoms with Crippen LogP contribution in [0.5, 0.6) is 17.2 Å². The van der Waals surface area contributed by atoms with E-state index in [9.17, 15) is 4.79 Å². The van der Waals surface area contributed by atoms with Crippen molar-refractivity contribution in [1.29, 1.82) is 0 Å². The molecule has 1 aromatic heterocycles. The van der Waals surface area contributed by atoms with Gasteiger partial charge in [0.25, 0.3) is 0 Å². The Hall–Kier alpha value is -3.81. The first kappa shape index (κ1) is 18.5. The van der Waals surface area contributed by atoms with Crippen LogP contribution in [0.25, 0.3) is 0 Å². The van der Waals surface area contributed by atoms with Crippen LogP contribution in [0.15, 0.2) is 60.9 Å². The molecule has 1 aliphatic rings. The Morgan fingerprint density at radius 1 is 1.03 bits per heavy atom. The molecule has 2 heterocycles. The first-order chi connectivity index (χ1) is 14.3. The molecule has 29 heavy (non-hydrogen) atoms. The maximum Gasteiger partial charge on any atom is 0.231 e. The first-order valence-electron chi connectivity index (χ1n) is 9.18. The van der Waals surface area contributed by atoms with E-state index in [-0.39, 0.29) is 12.7 Å². The van der Waals surface area contributed by atoms with Gasteiger partial charge in [0.15, 0.2) is 11.5 Å². The summed E-state index contributed by atoms with van der Waals surface area (Å²) >= 11 is 0. The number of anilines is 2. The zero-order valence-electron chi connectivity index (χ0n) is 15.6. The van der Waals surface area contributed by atoms with Crippen LogP contribution in [0.1, 0.15) is 12.0 Å². The topological polar surface area (TPSA) is 94.6 Å². The quantitative estimate of drug-likeness (QED) is 0.608. The maximum atomic E-state index is 12.2. The molecule has 4 rings (SSSR count). The van der Waals surface area contributed by atoms with Gasteiger partial charge in [-0.05, 0) is 35.9 Å². The highest BCUT2D eigenvalue weighted by Gasteiger charge is 2.13. The smallest absolute Gasteiger partial charge is 0.231 e. The van der Waals surface area contributed by atoms with Gasteiger partial charge in [0.2, 0.25) is 18.6 Å². The van der Waals surface area contributed by atoms with E-state index < -0.39 is 0 Å². The van der Waals surface area contributed by atoms with Crippen LogP contribution in [-0.2, 0) is 11.4 Å². The third-order valence-electron chi connectivity index (χ3n) is 4.16. The predicted octanol–water partition coefficient (Wildman–Crippen LogP) is 3.23. The number of amides is 1. The van der Waals surface area contributed by atoms with Crippen molar-refractivity contribution in [2.24, 2.45) is 0 Å². The molecule has 8 heteroatoms. The number of benzene rings is 2. The molecule has 0 fully saturated rings. The molecule has 1 amide bonds. The largest absolute Gasteiger partial charge is 0.489 e. The van der Waals surface area contributed by atoms with Crippen LogP contribution in [0.4, 0.5) is 11.6 Å². The van der Waals surface area contributed by atoms with Crippen molar-refractivity contribution in [3.05, 3.63) is 66.5 Å². The van der Waals surface area contributed by atoms with E-state index in [1.54, 1.807) is 24.5 Å². The molecule has 0 bridgehead atoms. The molecule has 1 aliphatic heterocycles. The van der Waals surface area contributed by atoms with Gasteiger partial charge in [-0.3, -0.25) is 4.79 Å². The monoisotopic (exact) mass is 392 g/mol. The van der Waals surface area contributed by atoms with Crippen molar-refractivity contribution in [3.8, 4) is 17.2 Å². The number of aromatic nitrogens is 2. The van der Waals surface area contributed by atoms with Gasteiger partial charge in [0, 0.05) is 37.1 Å². The molecule has 0 saturated heterocycles. The molecule has 8 nitrogen and oxygen atoms in total. The van der Waals surface area contributed by atoms with Gasteiger partial charge in [-0.25, -0.2) is 9.97 Å². The molecule has 0 unspecified atom stereocenters. The second-order valence-corrected chi connectivity index (χ2v) is 6.30. The molecule has 3 aromatic rings. The second kappa shape index (κ2) is 8.92. The summed E-state index contributed by atoms with van der Waals surface area (Å²) in [7, 11) is 0. The fourth-order valence-electron chi connectivity index (χ4n) is 2.77. The Balaban J connectivity index is 1.26. The summed E-state index contributed by atoms with van der Waals surface area (Å²) in [6.45, 7) is 1.05. The minimum absolute atomic E-state index is 0.0951. The van der Waals surface area contributed by atoms with Gasteiger partial charge in [0.1, 0.15) is 12.4 Å². The number of carbonyl (C=O) groups excluding carboxylic acids is 1. The molecule has 148 valence electrons. The lowest BCUT2D eigenvalue weighted by atomic mass is 10.2. The van der Waals surface area contributed by atoms with E-state index in [0.717, 1.165) is 17.0 Å². The number of ether oxygens (including phenoxy) is 3. The first-order valence-corrected chi connectivity index (χ1v) is 9.18. The summed E-state index contributed by atoms with van der Waals surface area (Å²) in [5, 5.41) is 5.90. The van der Waals surface area contributed by atoms with Crippen LogP contribution >= 0.6 is 0 Å². The maximum absolute atomic E-state index is 12.2. The molecule has 0 spiro atoms. The Morgan fingerprint density at radius 2 is 1.90 bits per heavy atom. The normalized spacial score (nSPS) is 11.7. The molecule has 0 radical (unpaired) electrons. The standard InChI is InChI=1S/C21H20N4O4/c26-20(7-10-24-21-22-8-2-9-23-21)25-16-4-1-3-15(11-16)13-27-17-5-6-18-19(12-17)29-14-28-18/h1-6,8-9,11-12H,7,10,13-14H2,(H,25,26)(H,22,23,24). The van der Waals surface area contributed by atoms with Crippen molar-refractivity contribution < 1.29 is 19.0 Å². The zero-order valence-corrected chi connectivity index (χ0v) is 15.6. The van der Waals surface area contributed by atoms with Crippen LogP contribution in [0.2, 0.25) is 0 Å². The molecule has 2 aromatic carbocycles. The summed E-state index contributed by atoms with van der Waals surface area (Å²) in [6, 6.07) is 14.7. The number of nitrogens with zero attached hydrogens (tertiary/aromatic N) is 2. The summed E-state index contributed by atoms with van der Waals surface area (Å²) < 4.78 is 16.5. The average molecular weight is 392 g/mol. The Kier molecular flexibility index (Phi) is 5.70. The highest BCUT2D eigenvalue weighted by Crippen LogP contribution is 2.35. The molecular weight excluding hydrogens is 372 g/mol. The van der Waals surface area contributed by atoms with Gasteiger partial charge in [-0.1, -0.05) is 12.1 Å². The Labute approximate surface area is 167 Å². The lowest BCUT2D eigenvalue weighted by molar-refractivity contribution is -0.115. The van der Waals surface area contributed by atoms with Crippen LogP contribution in [0, 0.1) is 0 Å². The third-order valence-corrected chi connectivity index (χ3v) is 4.16. The fourth-order valence-corrected chi connectivity index (χ4v) is 2.77. The third kappa shape index (κ3) is 5.13. The number of hydrogen-bond donors (Lipinski definition) is 2. The number of rotatable bonds is 8. The second-order valence-electron chi connectivity index (χ2n) is 6.30. The van der Waals surface area contributed by atoms with E-state index >= 15 is 0 Å². The molecule has 0 atom stereocenters. The lowest BCUT2D eigenvalue weighted by Gasteiger charge is -2.10. The van der Waals surface area contributed by atoms with Crippen molar-refractivity contribution in [1.82, 2.24) is 9.97 Å². The average Bonchev–Trinajstić information content (AvgIpc) is 3.21. The minimum Gasteiger partial charge on any atom is -0.489 e. The summed E-state index contributed by atoms with van der Waals surface area (Å²) in [5.41, 5.74) is 1.66. The Bertz CT molecular complexity index is 981. The predicted molar refractivity (Wildman–Crippen MR) is 107 cm³/mol. The SMILES string of the molecule is O=C(CCNc1ncccn1)Nc1cccc(COc2ccc3c(c2)OCO3)c1. The fraction of sp³-hybridized carbons (Fsp3) is 0.190. The van der Waals surface area contributed by atoms with Gasteiger partial charge in [-0.2, -0.15) is 0 Å². The van der Waals surface area contributed by atoms with E-state index in [0.29, 0.717) is 37.0 Å². The van der Waals surface area contributed by atoms with E-state index in [1.165, 1.54) is 0 Å². The number of hydrogen-bond acceptors (Lipinski definition) is 7.